The summed E-state index contributed by atoms with van der Waals surface area (Å²) in [5.74, 6) is 0.630. The summed E-state index contributed by atoms with van der Waals surface area (Å²) < 4.78 is 5.71. The molecule has 2 aliphatic rings. The molecule has 0 atom stereocenters. The third-order valence-electron chi connectivity index (χ3n) is 5.03. The Labute approximate surface area is 167 Å². The summed E-state index contributed by atoms with van der Waals surface area (Å²) in [4.78, 5) is 32.1. The van der Waals surface area contributed by atoms with E-state index in [0.717, 1.165) is 37.5 Å². The minimum atomic E-state index is -0.190. The lowest BCUT2D eigenvalue weighted by atomic mass is 10.0. The van der Waals surface area contributed by atoms with Gasteiger partial charge in [0.15, 0.2) is 0 Å². The van der Waals surface area contributed by atoms with E-state index in [1.54, 1.807) is 0 Å². The van der Waals surface area contributed by atoms with Crippen molar-refractivity contribution in [2.75, 3.05) is 39.8 Å². The lowest BCUT2D eigenvalue weighted by Crippen LogP contribution is -2.46. The number of likely N-dealkylation sites (N-methyl/N-ethyl adjacent to an activating group) is 1. The number of benzene rings is 1. The first-order chi connectivity index (χ1) is 13.3. The molecule has 0 saturated carbocycles. The fraction of sp³-hybridized carbons (Fsp3) is 0.545. The largest absolute Gasteiger partial charge is 0.491 e. The van der Waals surface area contributed by atoms with Crippen LogP contribution in [0.15, 0.2) is 30.0 Å². The SMILES string of the molecule is CC(C)CN1C(=O)C(c2ccc(OC(C)C)cc2)=C(N2CCN(C)CC2)C1=O. The molecular formula is C22H31N3O3. The first kappa shape index (κ1) is 20.4. The van der Waals surface area contributed by atoms with Crippen molar-refractivity contribution in [2.45, 2.75) is 33.8 Å². The van der Waals surface area contributed by atoms with Crippen LogP contribution in [-0.2, 0) is 9.59 Å². The van der Waals surface area contributed by atoms with Crippen molar-refractivity contribution in [2.24, 2.45) is 5.92 Å². The molecule has 0 radical (unpaired) electrons. The van der Waals surface area contributed by atoms with Gasteiger partial charge >= 0.3 is 0 Å². The van der Waals surface area contributed by atoms with Gasteiger partial charge < -0.3 is 14.5 Å². The average Bonchev–Trinajstić information content (AvgIpc) is 2.87. The zero-order chi connectivity index (χ0) is 20.4. The monoisotopic (exact) mass is 385 g/mol. The zero-order valence-electron chi connectivity index (χ0n) is 17.6. The van der Waals surface area contributed by atoms with Crippen LogP contribution in [0.2, 0.25) is 0 Å². The first-order valence-corrected chi connectivity index (χ1v) is 10.1. The molecule has 0 unspecified atom stereocenters. The van der Waals surface area contributed by atoms with Crippen LogP contribution in [0.25, 0.3) is 5.57 Å². The van der Waals surface area contributed by atoms with E-state index in [-0.39, 0.29) is 23.8 Å². The molecule has 1 aromatic carbocycles. The number of carbonyl (C=O) groups excluding carboxylic acids is 2. The predicted molar refractivity (Wildman–Crippen MR) is 110 cm³/mol. The summed E-state index contributed by atoms with van der Waals surface area (Å²) in [6, 6.07) is 7.50. The van der Waals surface area contributed by atoms with Crippen LogP contribution in [0.3, 0.4) is 0 Å². The second kappa shape index (κ2) is 8.35. The summed E-state index contributed by atoms with van der Waals surface area (Å²) in [6.07, 6.45) is 0.0854. The van der Waals surface area contributed by atoms with Gasteiger partial charge in [-0.1, -0.05) is 26.0 Å². The molecule has 1 fully saturated rings. The molecule has 152 valence electrons. The van der Waals surface area contributed by atoms with Gasteiger partial charge in [-0.25, -0.2) is 0 Å². The van der Waals surface area contributed by atoms with E-state index in [0.29, 0.717) is 17.8 Å². The smallest absolute Gasteiger partial charge is 0.277 e. The molecule has 6 nitrogen and oxygen atoms in total. The normalized spacial score (nSPS) is 18.8. The van der Waals surface area contributed by atoms with Crippen LogP contribution >= 0.6 is 0 Å². The van der Waals surface area contributed by atoms with E-state index in [1.807, 2.05) is 52.0 Å². The summed E-state index contributed by atoms with van der Waals surface area (Å²) in [5.41, 5.74) is 1.84. The van der Waals surface area contributed by atoms with E-state index in [9.17, 15) is 9.59 Å². The van der Waals surface area contributed by atoms with Gasteiger partial charge in [-0.2, -0.15) is 0 Å². The number of amides is 2. The number of carbonyl (C=O) groups is 2. The lowest BCUT2D eigenvalue weighted by molar-refractivity contribution is -0.138. The van der Waals surface area contributed by atoms with Gasteiger partial charge in [0.25, 0.3) is 11.8 Å². The van der Waals surface area contributed by atoms with Crippen molar-refractivity contribution in [1.29, 1.82) is 0 Å². The Morgan fingerprint density at radius 3 is 2.07 bits per heavy atom. The standard InChI is InChI=1S/C22H31N3O3/c1-15(2)14-25-21(26)19(17-6-8-18(9-7-17)28-16(3)4)20(22(25)27)24-12-10-23(5)11-13-24/h6-9,15-16H,10-14H2,1-5H3. The zero-order valence-corrected chi connectivity index (χ0v) is 17.6. The summed E-state index contributed by atoms with van der Waals surface area (Å²) >= 11 is 0. The molecule has 0 spiro atoms. The molecule has 3 rings (SSSR count). The molecule has 28 heavy (non-hydrogen) atoms. The minimum absolute atomic E-state index is 0.0854. The van der Waals surface area contributed by atoms with Crippen LogP contribution in [0.1, 0.15) is 33.3 Å². The van der Waals surface area contributed by atoms with Crippen molar-refractivity contribution in [3.8, 4) is 5.75 Å². The second-order valence-electron chi connectivity index (χ2n) is 8.32. The third kappa shape index (κ3) is 4.22. The highest BCUT2D eigenvalue weighted by Gasteiger charge is 2.42. The van der Waals surface area contributed by atoms with E-state index < -0.39 is 0 Å². The Bertz CT molecular complexity index is 760. The van der Waals surface area contributed by atoms with Crippen molar-refractivity contribution in [1.82, 2.24) is 14.7 Å². The molecule has 6 heteroatoms. The van der Waals surface area contributed by atoms with E-state index in [4.69, 9.17) is 4.74 Å². The fourth-order valence-electron chi connectivity index (χ4n) is 3.65. The highest BCUT2D eigenvalue weighted by atomic mass is 16.5. The maximum atomic E-state index is 13.2. The van der Waals surface area contributed by atoms with Crippen LogP contribution < -0.4 is 4.74 Å². The Hall–Kier alpha value is -2.34. The topological polar surface area (TPSA) is 53.1 Å². The Morgan fingerprint density at radius 1 is 0.929 bits per heavy atom. The quantitative estimate of drug-likeness (QED) is 0.704. The highest BCUT2D eigenvalue weighted by molar-refractivity contribution is 6.35. The summed E-state index contributed by atoms with van der Waals surface area (Å²) in [6.45, 7) is 11.7. The lowest BCUT2D eigenvalue weighted by Gasteiger charge is -2.34. The molecule has 2 aliphatic heterocycles. The number of piperazine rings is 1. The van der Waals surface area contributed by atoms with E-state index >= 15 is 0 Å². The summed E-state index contributed by atoms with van der Waals surface area (Å²) in [7, 11) is 2.08. The van der Waals surface area contributed by atoms with Gasteiger partial charge in [0.05, 0.1) is 11.7 Å². The molecule has 2 heterocycles. The molecule has 0 bridgehead atoms. The van der Waals surface area contributed by atoms with Gasteiger partial charge in [-0.3, -0.25) is 14.5 Å². The molecular weight excluding hydrogens is 354 g/mol. The number of imide groups is 1. The number of rotatable bonds is 6. The number of hydrogen-bond acceptors (Lipinski definition) is 5. The van der Waals surface area contributed by atoms with Gasteiger partial charge in [-0.15, -0.1) is 0 Å². The van der Waals surface area contributed by atoms with Crippen molar-refractivity contribution >= 4 is 17.4 Å². The Kier molecular flexibility index (Phi) is 6.08. The average molecular weight is 386 g/mol. The summed E-state index contributed by atoms with van der Waals surface area (Å²) in [5, 5.41) is 0. The van der Waals surface area contributed by atoms with Crippen LogP contribution in [0.4, 0.5) is 0 Å². The van der Waals surface area contributed by atoms with Gasteiger partial charge in [0, 0.05) is 32.7 Å². The van der Waals surface area contributed by atoms with Crippen LogP contribution in [-0.4, -0.2) is 72.4 Å². The maximum absolute atomic E-state index is 13.2. The third-order valence-corrected chi connectivity index (χ3v) is 5.03. The van der Waals surface area contributed by atoms with Crippen molar-refractivity contribution in [3.63, 3.8) is 0 Å². The van der Waals surface area contributed by atoms with E-state index in [2.05, 4.69) is 16.8 Å². The highest BCUT2D eigenvalue weighted by Crippen LogP contribution is 2.33. The molecule has 1 aromatic rings. The van der Waals surface area contributed by atoms with Crippen LogP contribution in [0, 0.1) is 5.92 Å². The number of nitrogens with zero attached hydrogens (tertiary/aromatic N) is 3. The molecule has 0 aromatic heterocycles. The Balaban J connectivity index is 1.98. The molecule has 1 saturated heterocycles. The van der Waals surface area contributed by atoms with Gasteiger partial charge in [0.2, 0.25) is 0 Å². The Morgan fingerprint density at radius 2 is 1.54 bits per heavy atom. The predicted octanol–water partition coefficient (Wildman–Crippen LogP) is 2.46. The minimum Gasteiger partial charge on any atom is -0.491 e. The number of hydrogen-bond donors (Lipinski definition) is 0. The van der Waals surface area contributed by atoms with Gasteiger partial charge in [0.1, 0.15) is 11.4 Å². The van der Waals surface area contributed by atoms with Crippen LogP contribution in [0.5, 0.6) is 5.75 Å². The number of ether oxygens (including phenoxy) is 1. The molecule has 2 amide bonds. The first-order valence-electron chi connectivity index (χ1n) is 10.1. The molecule has 0 N–H and O–H groups in total. The van der Waals surface area contributed by atoms with E-state index in [1.165, 1.54) is 4.90 Å². The van der Waals surface area contributed by atoms with Gasteiger partial charge in [-0.05, 0) is 44.5 Å². The van der Waals surface area contributed by atoms with Crippen molar-refractivity contribution in [3.05, 3.63) is 35.5 Å². The fourth-order valence-corrected chi connectivity index (χ4v) is 3.65. The van der Waals surface area contributed by atoms with Crippen molar-refractivity contribution < 1.29 is 14.3 Å². The second-order valence-corrected chi connectivity index (χ2v) is 8.32. The molecule has 0 aliphatic carbocycles. The maximum Gasteiger partial charge on any atom is 0.277 e.